The zero-order valence-corrected chi connectivity index (χ0v) is 11.5. The minimum Gasteiger partial charge on any atom is -0.388 e. The van der Waals surface area contributed by atoms with E-state index in [9.17, 15) is 24.4 Å². The highest BCUT2D eigenvalue weighted by Crippen LogP contribution is 2.27. The molecule has 7 heteroatoms. The van der Waals surface area contributed by atoms with Gasteiger partial charge in [0.25, 0.3) is 5.91 Å². The van der Waals surface area contributed by atoms with Crippen molar-refractivity contribution in [3.63, 3.8) is 0 Å². The number of nitro benzene ring substituents is 1. The molecule has 0 saturated heterocycles. The Hall–Kier alpha value is -2.02. The van der Waals surface area contributed by atoms with Crippen LogP contribution in [0.3, 0.4) is 0 Å². The van der Waals surface area contributed by atoms with Crippen LogP contribution >= 0.6 is 0 Å². The summed E-state index contributed by atoms with van der Waals surface area (Å²) in [5.74, 6) is -1.60. The molecule has 0 atom stereocenters. The lowest BCUT2D eigenvalue weighted by atomic mass is 9.85. The van der Waals surface area contributed by atoms with Crippen LogP contribution in [0.4, 0.5) is 10.1 Å². The number of halogens is 1. The molecule has 1 aromatic carbocycles. The fourth-order valence-corrected chi connectivity index (χ4v) is 2.53. The number of nitrogens with zero attached hydrogens (tertiary/aromatic N) is 1. The Labute approximate surface area is 121 Å². The molecule has 1 fully saturated rings. The van der Waals surface area contributed by atoms with Gasteiger partial charge in [0.2, 0.25) is 5.82 Å². The quantitative estimate of drug-likeness (QED) is 0.657. The van der Waals surface area contributed by atoms with Crippen molar-refractivity contribution in [3.05, 3.63) is 39.7 Å². The summed E-state index contributed by atoms with van der Waals surface area (Å²) in [6.45, 7) is 0.102. The number of carbonyl (C=O) groups is 1. The van der Waals surface area contributed by atoms with Gasteiger partial charge in [-0.2, -0.15) is 4.39 Å². The molecule has 0 aromatic heterocycles. The summed E-state index contributed by atoms with van der Waals surface area (Å²) >= 11 is 0. The van der Waals surface area contributed by atoms with Crippen molar-refractivity contribution in [1.29, 1.82) is 0 Å². The van der Waals surface area contributed by atoms with E-state index >= 15 is 0 Å². The molecular weight excluding hydrogens is 279 g/mol. The van der Waals surface area contributed by atoms with E-state index in [4.69, 9.17) is 0 Å². The number of rotatable bonds is 4. The third kappa shape index (κ3) is 3.75. The van der Waals surface area contributed by atoms with Crippen LogP contribution in [0.1, 0.15) is 42.5 Å². The number of amides is 1. The normalized spacial score (nSPS) is 17.2. The molecule has 0 aliphatic heterocycles. The van der Waals surface area contributed by atoms with E-state index in [1.807, 2.05) is 0 Å². The average molecular weight is 296 g/mol. The molecule has 1 saturated carbocycles. The number of nitrogens with one attached hydrogen (secondary N) is 1. The van der Waals surface area contributed by atoms with Crippen LogP contribution in [0.2, 0.25) is 0 Å². The molecule has 114 valence electrons. The molecule has 0 heterocycles. The topological polar surface area (TPSA) is 92.5 Å². The van der Waals surface area contributed by atoms with Gasteiger partial charge >= 0.3 is 5.69 Å². The van der Waals surface area contributed by atoms with Gasteiger partial charge in [0.1, 0.15) is 0 Å². The Morgan fingerprint density at radius 2 is 2.05 bits per heavy atom. The zero-order valence-electron chi connectivity index (χ0n) is 11.5. The molecular formula is C14H17FN2O4. The van der Waals surface area contributed by atoms with E-state index in [-0.39, 0.29) is 12.1 Å². The predicted octanol–water partition coefficient (Wildman–Crippen LogP) is 2.16. The smallest absolute Gasteiger partial charge is 0.304 e. The maximum Gasteiger partial charge on any atom is 0.304 e. The molecule has 1 aromatic rings. The van der Waals surface area contributed by atoms with Gasteiger partial charge in [-0.3, -0.25) is 14.9 Å². The van der Waals surface area contributed by atoms with E-state index in [2.05, 4.69) is 5.32 Å². The molecule has 1 aliphatic rings. The third-order valence-electron chi connectivity index (χ3n) is 3.77. The Morgan fingerprint density at radius 1 is 1.38 bits per heavy atom. The number of hydrogen-bond acceptors (Lipinski definition) is 4. The molecule has 2 rings (SSSR count). The van der Waals surface area contributed by atoms with E-state index in [0.717, 1.165) is 31.4 Å². The highest BCUT2D eigenvalue weighted by molar-refractivity contribution is 5.94. The van der Waals surface area contributed by atoms with Crippen LogP contribution in [0.15, 0.2) is 18.2 Å². The lowest BCUT2D eigenvalue weighted by Gasteiger charge is -2.32. The van der Waals surface area contributed by atoms with E-state index in [0.29, 0.717) is 12.8 Å². The minimum atomic E-state index is -1.05. The van der Waals surface area contributed by atoms with E-state index < -0.39 is 27.9 Å². The van der Waals surface area contributed by atoms with Crippen molar-refractivity contribution in [2.45, 2.75) is 37.7 Å². The van der Waals surface area contributed by atoms with Crippen LogP contribution in [0.5, 0.6) is 0 Å². The van der Waals surface area contributed by atoms with Crippen LogP contribution < -0.4 is 5.32 Å². The van der Waals surface area contributed by atoms with Crippen molar-refractivity contribution in [2.24, 2.45) is 0 Å². The van der Waals surface area contributed by atoms with Gasteiger partial charge < -0.3 is 10.4 Å². The lowest BCUT2D eigenvalue weighted by molar-refractivity contribution is -0.387. The summed E-state index contributed by atoms with van der Waals surface area (Å²) in [5, 5.41) is 23.3. The van der Waals surface area contributed by atoms with Crippen LogP contribution in [0, 0.1) is 15.9 Å². The fourth-order valence-electron chi connectivity index (χ4n) is 2.53. The Morgan fingerprint density at radius 3 is 2.62 bits per heavy atom. The molecule has 0 unspecified atom stereocenters. The average Bonchev–Trinajstić information content (AvgIpc) is 2.45. The van der Waals surface area contributed by atoms with Gasteiger partial charge in [-0.05, 0) is 25.0 Å². The second kappa shape index (κ2) is 6.17. The first-order valence-electron chi connectivity index (χ1n) is 6.86. The van der Waals surface area contributed by atoms with Gasteiger partial charge in [0.05, 0.1) is 10.5 Å². The highest BCUT2D eigenvalue weighted by atomic mass is 19.1. The fraction of sp³-hybridized carbons (Fsp3) is 0.500. The van der Waals surface area contributed by atoms with Gasteiger partial charge in [-0.25, -0.2) is 0 Å². The molecule has 2 N–H and O–H groups in total. The van der Waals surface area contributed by atoms with Crippen molar-refractivity contribution in [3.8, 4) is 0 Å². The maximum absolute atomic E-state index is 13.5. The second-order valence-electron chi connectivity index (χ2n) is 5.39. The molecule has 0 bridgehead atoms. The zero-order chi connectivity index (χ0) is 15.5. The predicted molar refractivity (Wildman–Crippen MR) is 73.4 cm³/mol. The van der Waals surface area contributed by atoms with Gasteiger partial charge in [-0.1, -0.05) is 19.3 Å². The SMILES string of the molecule is O=C(NCC1(O)CCCCC1)c1ccc([N+](=O)[O-])c(F)c1. The number of aliphatic hydroxyl groups is 1. The lowest BCUT2D eigenvalue weighted by Crippen LogP contribution is -2.44. The summed E-state index contributed by atoms with van der Waals surface area (Å²) in [7, 11) is 0. The van der Waals surface area contributed by atoms with Gasteiger partial charge in [-0.15, -0.1) is 0 Å². The van der Waals surface area contributed by atoms with E-state index in [1.54, 1.807) is 0 Å². The molecule has 0 spiro atoms. The van der Waals surface area contributed by atoms with Crippen molar-refractivity contribution < 1.29 is 19.2 Å². The Kier molecular flexibility index (Phi) is 4.52. The van der Waals surface area contributed by atoms with Crippen LogP contribution in [0.25, 0.3) is 0 Å². The monoisotopic (exact) mass is 296 g/mol. The minimum absolute atomic E-state index is 0.00231. The van der Waals surface area contributed by atoms with Gasteiger partial charge in [0.15, 0.2) is 0 Å². The molecule has 6 nitrogen and oxygen atoms in total. The first-order chi connectivity index (χ1) is 9.91. The molecule has 0 radical (unpaired) electrons. The summed E-state index contributed by atoms with van der Waals surface area (Å²) in [5.41, 5.74) is -1.58. The number of hydrogen-bond donors (Lipinski definition) is 2. The largest absolute Gasteiger partial charge is 0.388 e. The van der Waals surface area contributed by atoms with E-state index in [1.165, 1.54) is 6.07 Å². The summed E-state index contributed by atoms with van der Waals surface area (Å²) in [6.07, 6.45) is 4.16. The van der Waals surface area contributed by atoms with Crippen LogP contribution in [-0.4, -0.2) is 28.1 Å². The van der Waals surface area contributed by atoms with Crippen molar-refractivity contribution in [1.82, 2.24) is 5.32 Å². The first-order valence-corrected chi connectivity index (χ1v) is 6.86. The highest BCUT2D eigenvalue weighted by Gasteiger charge is 2.29. The second-order valence-corrected chi connectivity index (χ2v) is 5.39. The molecule has 1 aliphatic carbocycles. The number of nitro groups is 1. The van der Waals surface area contributed by atoms with Crippen molar-refractivity contribution in [2.75, 3.05) is 6.54 Å². The summed E-state index contributed by atoms with van der Waals surface area (Å²) in [4.78, 5) is 21.6. The van der Waals surface area contributed by atoms with Gasteiger partial charge in [0, 0.05) is 18.2 Å². The molecule has 1 amide bonds. The first kappa shape index (κ1) is 15.4. The Bertz CT molecular complexity index is 556. The van der Waals surface area contributed by atoms with Crippen LogP contribution in [-0.2, 0) is 0 Å². The summed E-state index contributed by atoms with van der Waals surface area (Å²) in [6, 6.07) is 2.99. The third-order valence-corrected chi connectivity index (χ3v) is 3.77. The maximum atomic E-state index is 13.5. The number of carbonyl (C=O) groups excluding carboxylic acids is 1. The molecule has 21 heavy (non-hydrogen) atoms. The standard InChI is InChI=1S/C14H17FN2O4/c15-11-8-10(4-5-12(11)17(20)21)13(18)16-9-14(19)6-2-1-3-7-14/h4-5,8,19H,1-3,6-7,9H2,(H,16,18). The summed E-state index contributed by atoms with van der Waals surface area (Å²) < 4.78 is 13.5. The number of benzene rings is 1. The van der Waals surface area contributed by atoms with Crippen molar-refractivity contribution >= 4 is 11.6 Å². The Balaban J connectivity index is 2.00.